The smallest absolute Gasteiger partial charge is 0.269 e. The van der Waals surface area contributed by atoms with E-state index in [4.69, 9.17) is 4.74 Å². The first-order valence-electron chi connectivity index (χ1n) is 7.24. The highest BCUT2D eigenvalue weighted by Crippen LogP contribution is 2.16. The van der Waals surface area contributed by atoms with Gasteiger partial charge in [0.05, 0.1) is 4.92 Å². The maximum absolute atomic E-state index is 11.6. The first-order valence-corrected chi connectivity index (χ1v) is 7.24. The van der Waals surface area contributed by atoms with Gasteiger partial charge in [0, 0.05) is 24.7 Å². The number of amides is 1. The van der Waals surface area contributed by atoms with Crippen LogP contribution in [0.25, 0.3) is 0 Å². The Balaban J connectivity index is 2.21. The summed E-state index contributed by atoms with van der Waals surface area (Å²) in [4.78, 5) is 23.9. The van der Waals surface area contributed by atoms with Crippen molar-refractivity contribution in [2.24, 2.45) is 0 Å². The van der Waals surface area contributed by atoms with Crippen molar-refractivity contribution in [1.82, 2.24) is 10.2 Å². The van der Waals surface area contributed by atoms with E-state index in [-0.39, 0.29) is 18.2 Å². The molecule has 0 aliphatic heterocycles. The van der Waals surface area contributed by atoms with E-state index in [1.54, 1.807) is 0 Å². The molecule has 1 amide bonds. The van der Waals surface area contributed by atoms with Crippen molar-refractivity contribution < 1.29 is 14.5 Å². The SMILES string of the molecule is CC(C)N(C)CCCNC(=O)COc1ccc([N+](=O)[O-])cc1. The van der Waals surface area contributed by atoms with Gasteiger partial charge in [0.25, 0.3) is 11.6 Å². The Labute approximate surface area is 130 Å². The second kappa shape index (κ2) is 8.99. The number of rotatable bonds is 9. The van der Waals surface area contributed by atoms with E-state index in [1.165, 1.54) is 24.3 Å². The number of nitro groups is 1. The van der Waals surface area contributed by atoms with Crippen LogP contribution < -0.4 is 10.1 Å². The molecule has 0 aliphatic rings. The maximum Gasteiger partial charge on any atom is 0.269 e. The van der Waals surface area contributed by atoms with Gasteiger partial charge >= 0.3 is 0 Å². The van der Waals surface area contributed by atoms with E-state index in [2.05, 4.69) is 24.1 Å². The van der Waals surface area contributed by atoms with Gasteiger partial charge in [0.1, 0.15) is 5.75 Å². The molecule has 0 radical (unpaired) electrons. The van der Waals surface area contributed by atoms with Crippen LogP contribution in [-0.4, -0.2) is 48.5 Å². The van der Waals surface area contributed by atoms with E-state index in [0.717, 1.165) is 13.0 Å². The zero-order valence-electron chi connectivity index (χ0n) is 13.2. The van der Waals surface area contributed by atoms with Crippen LogP contribution in [0.15, 0.2) is 24.3 Å². The zero-order chi connectivity index (χ0) is 16.5. The second-order valence-electron chi connectivity index (χ2n) is 5.32. The van der Waals surface area contributed by atoms with Gasteiger partial charge in [0.2, 0.25) is 0 Å². The van der Waals surface area contributed by atoms with Crippen LogP contribution in [0.2, 0.25) is 0 Å². The van der Waals surface area contributed by atoms with Gasteiger partial charge in [-0.1, -0.05) is 0 Å². The zero-order valence-corrected chi connectivity index (χ0v) is 13.2. The summed E-state index contributed by atoms with van der Waals surface area (Å²) < 4.78 is 5.27. The second-order valence-corrected chi connectivity index (χ2v) is 5.32. The van der Waals surface area contributed by atoms with E-state index in [1.807, 2.05) is 7.05 Å². The number of hydrogen-bond donors (Lipinski definition) is 1. The van der Waals surface area contributed by atoms with Crippen LogP contribution in [0.5, 0.6) is 5.75 Å². The van der Waals surface area contributed by atoms with Crippen molar-refractivity contribution in [3.05, 3.63) is 34.4 Å². The van der Waals surface area contributed by atoms with E-state index in [0.29, 0.717) is 18.3 Å². The van der Waals surface area contributed by atoms with Crippen molar-refractivity contribution in [3.63, 3.8) is 0 Å². The Morgan fingerprint density at radius 1 is 1.36 bits per heavy atom. The molecule has 1 N–H and O–H groups in total. The van der Waals surface area contributed by atoms with Crippen LogP contribution in [0.3, 0.4) is 0 Å². The molecule has 0 heterocycles. The molecule has 0 saturated carbocycles. The van der Waals surface area contributed by atoms with Gasteiger partial charge in [-0.25, -0.2) is 0 Å². The van der Waals surface area contributed by atoms with Gasteiger partial charge in [-0.2, -0.15) is 0 Å². The fourth-order valence-electron chi connectivity index (χ4n) is 1.68. The molecule has 0 bridgehead atoms. The fraction of sp³-hybridized carbons (Fsp3) is 0.533. The van der Waals surface area contributed by atoms with Gasteiger partial charge in [-0.3, -0.25) is 14.9 Å². The quantitative estimate of drug-likeness (QED) is 0.427. The molecule has 1 aromatic rings. The average molecular weight is 309 g/mol. The molecule has 0 saturated heterocycles. The lowest BCUT2D eigenvalue weighted by Gasteiger charge is -2.20. The molecule has 1 rings (SSSR count). The standard InChI is InChI=1S/C15H23N3O4/c1-12(2)17(3)10-4-9-16-15(19)11-22-14-7-5-13(6-8-14)18(20)21/h5-8,12H,4,9-11H2,1-3H3,(H,16,19). The Bertz CT molecular complexity index is 488. The van der Waals surface area contributed by atoms with Crippen LogP contribution in [0, 0.1) is 10.1 Å². The van der Waals surface area contributed by atoms with Crippen molar-refractivity contribution in [3.8, 4) is 5.75 Å². The minimum absolute atomic E-state index is 0.00826. The largest absolute Gasteiger partial charge is 0.484 e. The fourth-order valence-corrected chi connectivity index (χ4v) is 1.68. The lowest BCUT2D eigenvalue weighted by Crippen LogP contribution is -2.33. The highest BCUT2D eigenvalue weighted by Gasteiger charge is 2.07. The number of non-ortho nitro benzene ring substituents is 1. The molecule has 0 spiro atoms. The minimum atomic E-state index is -0.481. The van der Waals surface area contributed by atoms with E-state index in [9.17, 15) is 14.9 Å². The van der Waals surface area contributed by atoms with Crippen LogP contribution in [-0.2, 0) is 4.79 Å². The predicted molar refractivity (Wildman–Crippen MR) is 84.0 cm³/mol. The average Bonchev–Trinajstić information content (AvgIpc) is 2.49. The highest BCUT2D eigenvalue weighted by atomic mass is 16.6. The highest BCUT2D eigenvalue weighted by molar-refractivity contribution is 5.77. The Morgan fingerprint density at radius 2 is 2.00 bits per heavy atom. The Morgan fingerprint density at radius 3 is 2.55 bits per heavy atom. The van der Waals surface area contributed by atoms with E-state index >= 15 is 0 Å². The van der Waals surface area contributed by atoms with Crippen molar-refractivity contribution in [2.75, 3.05) is 26.7 Å². The third-order valence-electron chi connectivity index (χ3n) is 3.31. The summed E-state index contributed by atoms with van der Waals surface area (Å²) in [7, 11) is 2.05. The molecule has 22 heavy (non-hydrogen) atoms. The van der Waals surface area contributed by atoms with Crippen molar-refractivity contribution in [1.29, 1.82) is 0 Å². The summed E-state index contributed by atoms with van der Waals surface area (Å²) in [5.41, 5.74) is -0.00826. The number of hydrogen-bond acceptors (Lipinski definition) is 5. The summed E-state index contributed by atoms with van der Waals surface area (Å²) in [6.45, 7) is 5.66. The Kier molecular flexibility index (Phi) is 7.31. The molecule has 7 heteroatoms. The summed E-state index contributed by atoms with van der Waals surface area (Å²) in [5, 5.41) is 13.3. The van der Waals surface area contributed by atoms with Crippen LogP contribution in [0.1, 0.15) is 20.3 Å². The molecule has 0 unspecified atom stereocenters. The molecular weight excluding hydrogens is 286 g/mol. The van der Waals surface area contributed by atoms with Gasteiger partial charge < -0.3 is 15.0 Å². The lowest BCUT2D eigenvalue weighted by atomic mass is 10.3. The van der Waals surface area contributed by atoms with Crippen LogP contribution in [0.4, 0.5) is 5.69 Å². The van der Waals surface area contributed by atoms with E-state index < -0.39 is 4.92 Å². The van der Waals surface area contributed by atoms with Gasteiger partial charge in [-0.15, -0.1) is 0 Å². The third-order valence-corrected chi connectivity index (χ3v) is 3.31. The number of nitro benzene ring substituents is 1. The number of carbonyl (C=O) groups is 1. The number of ether oxygens (including phenoxy) is 1. The van der Waals surface area contributed by atoms with Crippen molar-refractivity contribution >= 4 is 11.6 Å². The molecular formula is C15H23N3O4. The molecule has 0 aliphatic carbocycles. The Hall–Kier alpha value is -2.15. The third kappa shape index (κ3) is 6.53. The molecule has 122 valence electrons. The van der Waals surface area contributed by atoms with Crippen molar-refractivity contribution in [2.45, 2.75) is 26.3 Å². The lowest BCUT2D eigenvalue weighted by molar-refractivity contribution is -0.384. The molecule has 0 aromatic heterocycles. The topological polar surface area (TPSA) is 84.7 Å². The molecule has 0 atom stereocenters. The summed E-state index contributed by atoms with van der Waals surface area (Å²) in [5.74, 6) is 0.228. The number of nitrogens with one attached hydrogen (secondary N) is 1. The normalized spacial score (nSPS) is 10.8. The number of carbonyl (C=O) groups excluding carboxylic acids is 1. The first kappa shape index (κ1) is 17.9. The number of benzene rings is 1. The number of nitrogens with zero attached hydrogens (tertiary/aromatic N) is 2. The predicted octanol–water partition coefficient (Wildman–Crippen LogP) is 1.82. The van der Waals surface area contributed by atoms with Gasteiger partial charge in [0.15, 0.2) is 6.61 Å². The molecule has 0 fully saturated rings. The van der Waals surface area contributed by atoms with Crippen LogP contribution >= 0.6 is 0 Å². The van der Waals surface area contributed by atoms with Gasteiger partial charge in [-0.05, 0) is 46.0 Å². The minimum Gasteiger partial charge on any atom is -0.484 e. The summed E-state index contributed by atoms with van der Waals surface area (Å²) >= 11 is 0. The molecule has 7 nitrogen and oxygen atoms in total. The first-order chi connectivity index (χ1) is 10.4. The molecule has 1 aromatic carbocycles. The summed E-state index contributed by atoms with van der Waals surface area (Å²) in [6.07, 6.45) is 0.873. The maximum atomic E-state index is 11.6. The summed E-state index contributed by atoms with van der Waals surface area (Å²) in [6, 6.07) is 6.12. The monoisotopic (exact) mass is 309 g/mol.